The maximum atomic E-state index is 12.0. The Bertz CT molecular complexity index is 269. The van der Waals surface area contributed by atoms with Crippen molar-refractivity contribution in [1.29, 1.82) is 0 Å². The topological polar surface area (TPSA) is 78.9 Å². The molecule has 0 aromatic rings. The van der Waals surface area contributed by atoms with Crippen molar-refractivity contribution in [1.82, 2.24) is 10.2 Å². The van der Waals surface area contributed by atoms with Crippen molar-refractivity contribution in [2.75, 3.05) is 20.3 Å². The minimum Gasteiger partial charge on any atom is -0.481 e. The van der Waals surface area contributed by atoms with E-state index in [1.54, 1.807) is 12.0 Å². The Balaban J connectivity index is 4.23. The molecule has 0 spiro atoms. The van der Waals surface area contributed by atoms with Crippen molar-refractivity contribution in [3.05, 3.63) is 0 Å². The van der Waals surface area contributed by atoms with Crippen LogP contribution in [-0.2, 0) is 9.53 Å². The molecule has 0 bridgehead atoms. The fourth-order valence-corrected chi connectivity index (χ4v) is 1.58. The number of rotatable bonds is 8. The molecule has 0 aliphatic heterocycles. The van der Waals surface area contributed by atoms with Gasteiger partial charge in [0.1, 0.15) is 0 Å². The molecular weight excluding hydrogens is 236 g/mol. The molecule has 6 nitrogen and oxygen atoms in total. The molecule has 106 valence electrons. The van der Waals surface area contributed by atoms with Gasteiger partial charge >= 0.3 is 12.0 Å². The van der Waals surface area contributed by atoms with E-state index < -0.39 is 5.97 Å². The van der Waals surface area contributed by atoms with Crippen LogP contribution in [0.25, 0.3) is 0 Å². The second-order valence-electron chi connectivity index (χ2n) is 4.59. The van der Waals surface area contributed by atoms with Crippen molar-refractivity contribution in [3.8, 4) is 0 Å². The van der Waals surface area contributed by atoms with Gasteiger partial charge in [0, 0.05) is 26.1 Å². The molecule has 1 unspecified atom stereocenters. The number of hydrogen-bond acceptors (Lipinski definition) is 3. The quantitative estimate of drug-likeness (QED) is 0.689. The van der Waals surface area contributed by atoms with E-state index in [0.29, 0.717) is 19.6 Å². The van der Waals surface area contributed by atoms with Gasteiger partial charge in [-0.3, -0.25) is 4.79 Å². The van der Waals surface area contributed by atoms with Crippen LogP contribution in [-0.4, -0.2) is 54.4 Å². The predicted molar refractivity (Wildman–Crippen MR) is 68.6 cm³/mol. The summed E-state index contributed by atoms with van der Waals surface area (Å²) >= 11 is 0. The van der Waals surface area contributed by atoms with Crippen molar-refractivity contribution < 1.29 is 19.4 Å². The Morgan fingerprint density at radius 1 is 1.33 bits per heavy atom. The molecule has 2 N–H and O–H groups in total. The highest BCUT2D eigenvalue weighted by Crippen LogP contribution is 2.03. The number of methoxy groups -OCH3 is 1. The Morgan fingerprint density at radius 2 is 1.94 bits per heavy atom. The molecule has 0 fully saturated rings. The smallest absolute Gasteiger partial charge is 0.317 e. The molecule has 0 saturated heterocycles. The van der Waals surface area contributed by atoms with Gasteiger partial charge in [0.25, 0.3) is 0 Å². The normalized spacial score (nSPS) is 12.3. The molecule has 0 heterocycles. The average Bonchev–Trinajstić information content (AvgIpc) is 2.23. The maximum absolute atomic E-state index is 12.0. The van der Waals surface area contributed by atoms with Crippen LogP contribution >= 0.6 is 0 Å². The zero-order chi connectivity index (χ0) is 14.1. The predicted octanol–water partition coefficient (Wildman–Crippen LogP) is 1.31. The highest BCUT2D eigenvalue weighted by atomic mass is 16.5. The zero-order valence-electron chi connectivity index (χ0n) is 11.6. The maximum Gasteiger partial charge on any atom is 0.317 e. The number of carbonyl (C=O) groups is 2. The summed E-state index contributed by atoms with van der Waals surface area (Å²) in [6, 6.07) is -0.211. The molecule has 0 rings (SSSR count). The monoisotopic (exact) mass is 260 g/mol. The van der Waals surface area contributed by atoms with Crippen molar-refractivity contribution in [2.24, 2.45) is 0 Å². The first kappa shape index (κ1) is 16.7. The van der Waals surface area contributed by atoms with Gasteiger partial charge in [0.2, 0.25) is 0 Å². The largest absolute Gasteiger partial charge is 0.481 e. The minimum absolute atomic E-state index is 0.0357. The summed E-state index contributed by atoms with van der Waals surface area (Å²) in [6.07, 6.45) is 0.531. The van der Waals surface area contributed by atoms with Gasteiger partial charge < -0.3 is 20.1 Å². The number of carbonyl (C=O) groups excluding carboxylic acids is 1. The molecule has 0 aromatic heterocycles. The van der Waals surface area contributed by atoms with Crippen LogP contribution in [0.2, 0.25) is 0 Å². The fourth-order valence-electron chi connectivity index (χ4n) is 1.58. The number of aliphatic carboxylic acids is 1. The lowest BCUT2D eigenvalue weighted by atomic mass is 10.2. The third kappa shape index (κ3) is 7.11. The first-order valence-corrected chi connectivity index (χ1v) is 6.16. The van der Waals surface area contributed by atoms with Crippen LogP contribution in [0.15, 0.2) is 0 Å². The van der Waals surface area contributed by atoms with E-state index in [-0.39, 0.29) is 24.5 Å². The van der Waals surface area contributed by atoms with Crippen LogP contribution in [0.3, 0.4) is 0 Å². The first-order chi connectivity index (χ1) is 8.38. The molecular formula is C12H24N2O4. The molecule has 0 aromatic carbocycles. The van der Waals surface area contributed by atoms with Crippen molar-refractivity contribution in [3.63, 3.8) is 0 Å². The minimum atomic E-state index is -0.841. The van der Waals surface area contributed by atoms with Crippen LogP contribution in [0, 0.1) is 0 Å². The van der Waals surface area contributed by atoms with Gasteiger partial charge in [-0.1, -0.05) is 0 Å². The summed E-state index contributed by atoms with van der Waals surface area (Å²) in [5.74, 6) is -0.841. The molecule has 6 heteroatoms. The van der Waals surface area contributed by atoms with Gasteiger partial charge in [-0.15, -0.1) is 0 Å². The summed E-state index contributed by atoms with van der Waals surface area (Å²) in [5, 5.41) is 11.4. The second kappa shape index (κ2) is 8.74. The number of ether oxygens (including phenoxy) is 1. The van der Waals surface area contributed by atoms with Gasteiger partial charge in [-0.05, 0) is 27.2 Å². The van der Waals surface area contributed by atoms with E-state index in [2.05, 4.69) is 5.32 Å². The van der Waals surface area contributed by atoms with E-state index in [4.69, 9.17) is 9.84 Å². The van der Waals surface area contributed by atoms with E-state index in [1.165, 1.54) is 0 Å². The van der Waals surface area contributed by atoms with Crippen molar-refractivity contribution >= 4 is 12.0 Å². The number of nitrogens with one attached hydrogen (secondary N) is 1. The summed E-state index contributed by atoms with van der Waals surface area (Å²) in [7, 11) is 1.58. The Labute approximate surface area is 108 Å². The van der Waals surface area contributed by atoms with Gasteiger partial charge in [-0.2, -0.15) is 0 Å². The molecule has 0 aliphatic rings. The molecule has 0 aliphatic carbocycles. The number of carboxylic acids is 1. The number of nitrogens with zero attached hydrogens (tertiary/aromatic N) is 1. The Kier molecular flexibility index (Phi) is 8.11. The second-order valence-corrected chi connectivity index (χ2v) is 4.59. The summed E-state index contributed by atoms with van der Waals surface area (Å²) in [5.41, 5.74) is 0. The number of carboxylic acid groups (broad SMARTS) is 1. The molecule has 18 heavy (non-hydrogen) atoms. The first-order valence-electron chi connectivity index (χ1n) is 6.16. The van der Waals surface area contributed by atoms with E-state index >= 15 is 0 Å². The van der Waals surface area contributed by atoms with Gasteiger partial charge in [-0.25, -0.2) is 4.79 Å². The molecule has 2 amide bonds. The van der Waals surface area contributed by atoms with Gasteiger partial charge in [0.15, 0.2) is 0 Å². The Hall–Kier alpha value is -1.30. The summed E-state index contributed by atoms with van der Waals surface area (Å²) in [4.78, 5) is 24.0. The SMILES string of the molecule is COCC(C)NC(=O)N(CCCC(=O)O)C(C)C. The third-order valence-corrected chi connectivity index (χ3v) is 2.46. The van der Waals surface area contributed by atoms with E-state index in [0.717, 1.165) is 0 Å². The highest BCUT2D eigenvalue weighted by molar-refractivity contribution is 5.75. The summed E-state index contributed by atoms with van der Waals surface area (Å²) in [6.45, 7) is 6.56. The van der Waals surface area contributed by atoms with Crippen molar-refractivity contribution in [2.45, 2.75) is 45.7 Å². The average molecular weight is 260 g/mol. The van der Waals surface area contributed by atoms with Gasteiger partial charge in [0.05, 0.1) is 12.6 Å². The molecule has 0 radical (unpaired) electrons. The van der Waals surface area contributed by atoms with E-state index in [9.17, 15) is 9.59 Å². The lowest BCUT2D eigenvalue weighted by Gasteiger charge is -2.28. The lowest BCUT2D eigenvalue weighted by Crippen LogP contribution is -2.48. The lowest BCUT2D eigenvalue weighted by molar-refractivity contribution is -0.137. The fraction of sp³-hybridized carbons (Fsp3) is 0.833. The van der Waals surface area contributed by atoms with E-state index in [1.807, 2.05) is 20.8 Å². The van der Waals surface area contributed by atoms with Crippen LogP contribution in [0.1, 0.15) is 33.6 Å². The third-order valence-electron chi connectivity index (χ3n) is 2.46. The van der Waals surface area contributed by atoms with Crippen LogP contribution in [0.5, 0.6) is 0 Å². The zero-order valence-corrected chi connectivity index (χ0v) is 11.6. The standard InChI is InChI=1S/C12H24N2O4/c1-9(2)14(7-5-6-11(15)16)12(17)13-10(3)8-18-4/h9-10H,5-8H2,1-4H3,(H,13,17)(H,15,16). The highest BCUT2D eigenvalue weighted by Gasteiger charge is 2.18. The Morgan fingerprint density at radius 3 is 2.39 bits per heavy atom. The molecule has 0 saturated carbocycles. The van der Waals surface area contributed by atoms with Crippen LogP contribution < -0.4 is 5.32 Å². The number of urea groups is 1. The number of amides is 2. The van der Waals surface area contributed by atoms with Crippen LogP contribution in [0.4, 0.5) is 4.79 Å². The summed E-state index contributed by atoms with van der Waals surface area (Å²) < 4.78 is 4.95. The molecule has 1 atom stereocenters. The number of hydrogen-bond donors (Lipinski definition) is 2.